The third kappa shape index (κ3) is 2.97. The van der Waals surface area contributed by atoms with Crippen molar-refractivity contribution in [2.24, 2.45) is 5.73 Å². The van der Waals surface area contributed by atoms with Crippen LogP contribution in [0.2, 0.25) is 5.02 Å². The number of ether oxygens (including phenoxy) is 1. The van der Waals surface area contributed by atoms with E-state index in [1.54, 1.807) is 11.3 Å². The highest BCUT2D eigenvalue weighted by Crippen LogP contribution is 2.42. The largest absolute Gasteiger partial charge is 0.486 e. The van der Waals surface area contributed by atoms with Crippen molar-refractivity contribution in [3.8, 4) is 5.75 Å². The Kier molecular flexibility index (Phi) is 3.96. The van der Waals surface area contributed by atoms with Gasteiger partial charge in [0.25, 0.3) is 0 Å². The number of aryl methyl sites for hydroxylation is 1. The summed E-state index contributed by atoms with van der Waals surface area (Å²) in [5.41, 5.74) is 8.00. The van der Waals surface area contributed by atoms with Gasteiger partial charge in [0, 0.05) is 22.4 Å². The zero-order chi connectivity index (χ0) is 14.1. The number of nitrogens with zero attached hydrogens (tertiary/aromatic N) is 1. The van der Waals surface area contributed by atoms with Crippen LogP contribution in [0.1, 0.15) is 39.9 Å². The third-order valence-electron chi connectivity index (χ3n) is 3.41. The Bertz CT molecular complexity index is 622. The summed E-state index contributed by atoms with van der Waals surface area (Å²) in [6.45, 7) is 3.03. The quantitative estimate of drug-likeness (QED) is 0.907. The predicted molar refractivity (Wildman–Crippen MR) is 82.5 cm³/mol. The van der Waals surface area contributed by atoms with Crippen LogP contribution >= 0.6 is 22.9 Å². The fraction of sp³-hybridized carbons (Fsp3) is 0.400. The molecule has 1 aliphatic carbocycles. The lowest BCUT2D eigenvalue weighted by molar-refractivity contribution is 0.305. The molecular weight excluding hydrogens is 292 g/mol. The molecule has 0 bridgehead atoms. The number of benzene rings is 1. The van der Waals surface area contributed by atoms with Gasteiger partial charge in [-0.05, 0) is 43.5 Å². The first-order valence-electron chi connectivity index (χ1n) is 6.75. The van der Waals surface area contributed by atoms with Gasteiger partial charge in [-0.1, -0.05) is 11.6 Å². The summed E-state index contributed by atoms with van der Waals surface area (Å²) in [6, 6.07) is 5.69. The molecule has 106 valence electrons. The van der Waals surface area contributed by atoms with Crippen molar-refractivity contribution in [3.05, 3.63) is 44.4 Å². The lowest BCUT2D eigenvalue weighted by Crippen LogP contribution is -1.97. The minimum atomic E-state index is 0.492. The first-order valence-corrected chi connectivity index (χ1v) is 7.94. The van der Waals surface area contributed by atoms with Crippen LogP contribution in [0.5, 0.6) is 5.75 Å². The Morgan fingerprint density at radius 3 is 2.90 bits per heavy atom. The number of halogens is 1. The molecule has 20 heavy (non-hydrogen) atoms. The Morgan fingerprint density at radius 2 is 2.25 bits per heavy atom. The number of rotatable bonds is 5. The molecule has 1 heterocycles. The highest BCUT2D eigenvalue weighted by molar-refractivity contribution is 7.11. The molecule has 1 aromatic carbocycles. The van der Waals surface area contributed by atoms with E-state index in [1.807, 2.05) is 25.1 Å². The molecule has 1 aliphatic rings. The first-order chi connectivity index (χ1) is 9.67. The fourth-order valence-corrected chi connectivity index (χ4v) is 3.21. The summed E-state index contributed by atoms with van der Waals surface area (Å²) in [7, 11) is 0. The monoisotopic (exact) mass is 308 g/mol. The summed E-state index contributed by atoms with van der Waals surface area (Å²) in [5, 5.41) is 1.76. The topological polar surface area (TPSA) is 48.1 Å². The molecule has 0 unspecified atom stereocenters. The molecule has 0 spiro atoms. The van der Waals surface area contributed by atoms with Gasteiger partial charge in [-0.2, -0.15) is 0 Å². The van der Waals surface area contributed by atoms with E-state index in [0.717, 1.165) is 21.3 Å². The Morgan fingerprint density at radius 1 is 1.45 bits per heavy atom. The van der Waals surface area contributed by atoms with Crippen LogP contribution in [-0.4, -0.2) is 4.98 Å². The summed E-state index contributed by atoms with van der Waals surface area (Å²) in [4.78, 5) is 5.89. The second kappa shape index (κ2) is 5.72. The smallest absolute Gasteiger partial charge is 0.140 e. The third-order valence-corrected chi connectivity index (χ3v) is 4.90. The number of hydrogen-bond donors (Lipinski definition) is 1. The Balaban J connectivity index is 1.70. The molecule has 0 atom stereocenters. The van der Waals surface area contributed by atoms with Crippen molar-refractivity contribution in [2.75, 3.05) is 0 Å². The van der Waals surface area contributed by atoms with Gasteiger partial charge in [0.2, 0.25) is 0 Å². The minimum Gasteiger partial charge on any atom is -0.486 e. The highest BCUT2D eigenvalue weighted by Gasteiger charge is 2.29. The van der Waals surface area contributed by atoms with Crippen LogP contribution < -0.4 is 10.5 Å². The lowest BCUT2D eigenvalue weighted by Gasteiger charge is -2.05. The van der Waals surface area contributed by atoms with E-state index in [1.165, 1.54) is 23.4 Å². The van der Waals surface area contributed by atoms with Gasteiger partial charge in [0.15, 0.2) is 0 Å². The van der Waals surface area contributed by atoms with E-state index in [9.17, 15) is 0 Å². The molecule has 1 saturated carbocycles. The molecule has 0 saturated heterocycles. The van der Waals surface area contributed by atoms with Crippen molar-refractivity contribution in [3.63, 3.8) is 0 Å². The second-order valence-corrected chi connectivity index (χ2v) is 6.67. The fourth-order valence-electron chi connectivity index (χ4n) is 2.15. The summed E-state index contributed by atoms with van der Waals surface area (Å²) in [5.74, 6) is 1.46. The van der Waals surface area contributed by atoms with Crippen molar-refractivity contribution < 1.29 is 4.74 Å². The maximum Gasteiger partial charge on any atom is 0.140 e. The number of hydrogen-bond acceptors (Lipinski definition) is 4. The van der Waals surface area contributed by atoms with E-state index in [2.05, 4.69) is 4.98 Å². The average Bonchev–Trinajstić information content (AvgIpc) is 3.20. The van der Waals surface area contributed by atoms with Gasteiger partial charge in [-0.25, -0.2) is 4.98 Å². The summed E-state index contributed by atoms with van der Waals surface area (Å²) in [6.07, 6.45) is 2.49. The van der Waals surface area contributed by atoms with Crippen molar-refractivity contribution in [1.82, 2.24) is 4.98 Å². The van der Waals surface area contributed by atoms with E-state index in [0.29, 0.717) is 19.1 Å². The van der Waals surface area contributed by atoms with Gasteiger partial charge in [0.1, 0.15) is 17.4 Å². The zero-order valence-electron chi connectivity index (χ0n) is 11.4. The maximum atomic E-state index is 6.00. The van der Waals surface area contributed by atoms with Crippen molar-refractivity contribution >= 4 is 22.9 Å². The molecule has 0 radical (unpaired) electrons. The van der Waals surface area contributed by atoms with Crippen LogP contribution in [0, 0.1) is 6.92 Å². The van der Waals surface area contributed by atoms with Crippen molar-refractivity contribution in [1.29, 1.82) is 0 Å². The highest BCUT2D eigenvalue weighted by atomic mass is 35.5. The first kappa shape index (κ1) is 13.9. The SMILES string of the molecule is Cc1cc(OCc2nc(C3CC3)c(CN)s2)ccc1Cl. The lowest BCUT2D eigenvalue weighted by atomic mass is 10.2. The van der Waals surface area contributed by atoms with Crippen LogP contribution in [0.15, 0.2) is 18.2 Å². The van der Waals surface area contributed by atoms with E-state index >= 15 is 0 Å². The van der Waals surface area contributed by atoms with Crippen molar-refractivity contribution in [2.45, 2.75) is 38.8 Å². The molecule has 0 amide bonds. The van der Waals surface area contributed by atoms with E-state index in [4.69, 9.17) is 22.1 Å². The van der Waals surface area contributed by atoms with Gasteiger partial charge >= 0.3 is 0 Å². The van der Waals surface area contributed by atoms with Crippen LogP contribution in [-0.2, 0) is 13.2 Å². The molecule has 2 N–H and O–H groups in total. The minimum absolute atomic E-state index is 0.492. The molecule has 2 aromatic rings. The molecule has 1 fully saturated rings. The number of nitrogens with two attached hydrogens (primary N) is 1. The van der Waals surface area contributed by atoms with Crippen LogP contribution in [0.25, 0.3) is 0 Å². The summed E-state index contributed by atoms with van der Waals surface area (Å²) < 4.78 is 5.79. The van der Waals surface area contributed by atoms with E-state index < -0.39 is 0 Å². The number of thiazole rings is 1. The van der Waals surface area contributed by atoms with Crippen LogP contribution in [0.3, 0.4) is 0 Å². The standard InChI is InChI=1S/C15H17ClN2OS/c1-9-6-11(4-5-12(9)16)19-8-14-18-15(10-2-3-10)13(7-17)20-14/h4-6,10H,2-3,7-8,17H2,1H3. The average molecular weight is 309 g/mol. The number of aromatic nitrogens is 1. The van der Waals surface area contributed by atoms with Gasteiger partial charge in [-0.3, -0.25) is 0 Å². The Hall–Kier alpha value is -1.10. The molecule has 3 rings (SSSR count). The predicted octanol–water partition coefficient (Wildman–Crippen LogP) is 4.02. The van der Waals surface area contributed by atoms with Gasteiger partial charge < -0.3 is 10.5 Å². The van der Waals surface area contributed by atoms with Gasteiger partial charge in [0.05, 0.1) is 5.69 Å². The molecule has 3 nitrogen and oxygen atoms in total. The van der Waals surface area contributed by atoms with Crippen LogP contribution in [0.4, 0.5) is 0 Å². The molecular formula is C15H17ClN2OS. The maximum absolute atomic E-state index is 6.00. The molecule has 0 aliphatic heterocycles. The van der Waals surface area contributed by atoms with Gasteiger partial charge in [-0.15, -0.1) is 11.3 Å². The zero-order valence-corrected chi connectivity index (χ0v) is 12.9. The van der Waals surface area contributed by atoms with E-state index in [-0.39, 0.29) is 0 Å². The molecule has 1 aromatic heterocycles. The normalized spacial score (nSPS) is 14.6. The summed E-state index contributed by atoms with van der Waals surface area (Å²) >= 11 is 7.67. The Labute approximate surface area is 127 Å². The molecule has 5 heteroatoms. The second-order valence-electron chi connectivity index (χ2n) is 5.09.